The van der Waals surface area contributed by atoms with Crippen LogP contribution in [0.5, 0.6) is 0 Å². The number of aliphatic hydroxyl groups excluding tert-OH is 1. The van der Waals surface area contributed by atoms with Gasteiger partial charge in [0.2, 0.25) is 5.91 Å². The van der Waals surface area contributed by atoms with Crippen molar-refractivity contribution >= 4 is 5.91 Å². The van der Waals surface area contributed by atoms with E-state index < -0.39 is 0 Å². The van der Waals surface area contributed by atoms with Crippen molar-refractivity contribution in [2.24, 2.45) is 17.3 Å². The molecule has 0 aromatic heterocycles. The van der Waals surface area contributed by atoms with Gasteiger partial charge in [0, 0.05) is 24.6 Å². The number of rotatable bonds is 3. The molecule has 2 aliphatic rings. The van der Waals surface area contributed by atoms with Crippen molar-refractivity contribution in [2.75, 3.05) is 6.61 Å². The first-order chi connectivity index (χ1) is 9.88. The van der Waals surface area contributed by atoms with Gasteiger partial charge in [-0.05, 0) is 43.4 Å². The predicted molar refractivity (Wildman–Crippen MR) is 85.8 cm³/mol. The molecule has 1 amide bonds. The van der Waals surface area contributed by atoms with Gasteiger partial charge in [0.15, 0.2) is 0 Å². The fourth-order valence-electron chi connectivity index (χ4n) is 3.43. The lowest BCUT2D eigenvalue weighted by Gasteiger charge is -2.34. The zero-order valence-corrected chi connectivity index (χ0v) is 13.6. The minimum absolute atomic E-state index is 0.0208. The highest BCUT2D eigenvalue weighted by Crippen LogP contribution is 2.39. The molecule has 3 nitrogen and oxygen atoms in total. The SMILES string of the molecule is CC(C)(C)C1CCC(=CC(=O)N[C@@H]2C=C[C@H](CO)C2)CC1. The second kappa shape index (κ2) is 6.78. The zero-order chi connectivity index (χ0) is 15.5. The van der Waals surface area contributed by atoms with Gasteiger partial charge in [-0.2, -0.15) is 0 Å². The molecule has 21 heavy (non-hydrogen) atoms. The molecule has 0 unspecified atom stereocenters. The van der Waals surface area contributed by atoms with Crippen molar-refractivity contribution < 1.29 is 9.90 Å². The number of hydrogen-bond acceptors (Lipinski definition) is 2. The molecule has 3 heteroatoms. The van der Waals surface area contributed by atoms with Gasteiger partial charge in [0.25, 0.3) is 0 Å². The summed E-state index contributed by atoms with van der Waals surface area (Å²) in [5.41, 5.74) is 1.66. The van der Waals surface area contributed by atoms with Gasteiger partial charge in [-0.25, -0.2) is 0 Å². The highest BCUT2D eigenvalue weighted by atomic mass is 16.3. The number of carbonyl (C=O) groups excluding carboxylic acids is 1. The lowest BCUT2D eigenvalue weighted by atomic mass is 9.71. The molecule has 0 radical (unpaired) electrons. The van der Waals surface area contributed by atoms with Crippen LogP contribution in [0.25, 0.3) is 0 Å². The van der Waals surface area contributed by atoms with Crippen molar-refractivity contribution in [1.82, 2.24) is 5.32 Å². The third-order valence-corrected chi connectivity index (χ3v) is 4.92. The zero-order valence-electron chi connectivity index (χ0n) is 13.6. The minimum atomic E-state index is 0.0208. The van der Waals surface area contributed by atoms with E-state index in [0.29, 0.717) is 5.41 Å². The molecule has 0 aliphatic heterocycles. The second-order valence-corrected chi connectivity index (χ2v) is 7.62. The van der Waals surface area contributed by atoms with Crippen LogP contribution in [-0.2, 0) is 4.79 Å². The Hall–Kier alpha value is -1.09. The Balaban J connectivity index is 1.79. The van der Waals surface area contributed by atoms with E-state index in [1.54, 1.807) is 6.08 Å². The van der Waals surface area contributed by atoms with Gasteiger partial charge in [0.05, 0.1) is 0 Å². The van der Waals surface area contributed by atoms with E-state index in [9.17, 15) is 4.79 Å². The van der Waals surface area contributed by atoms with Crippen molar-refractivity contribution in [3.05, 3.63) is 23.8 Å². The molecule has 2 N–H and O–H groups in total. The molecule has 0 spiro atoms. The standard InChI is InChI=1S/C18H29NO2/c1-18(2,3)15-7-4-13(5-8-15)11-17(21)19-16-9-6-14(10-16)12-20/h6,9,11,14-16,20H,4-5,7-8,10,12H2,1-3H3,(H,19,21)/t14-,15?,16+/m0/s1. The highest BCUT2D eigenvalue weighted by Gasteiger charge is 2.27. The van der Waals surface area contributed by atoms with Crippen LogP contribution in [0.15, 0.2) is 23.8 Å². The Morgan fingerprint density at radius 3 is 2.52 bits per heavy atom. The summed E-state index contributed by atoms with van der Waals surface area (Å²) in [6, 6.07) is 0.0809. The first kappa shape index (κ1) is 16.3. The lowest BCUT2D eigenvalue weighted by Crippen LogP contribution is -2.32. The number of carbonyl (C=O) groups is 1. The van der Waals surface area contributed by atoms with Crippen LogP contribution in [-0.4, -0.2) is 23.7 Å². The van der Waals surface area contributed by atoms with Gasteiger partial charge in [-0.1, -0.05) is 38.5 Å². The van der Waals surface area contributed by atoms with Crippen LogP contribution < -0.4 is 5.32 Å². The second-order valence-electron chi connectivity index (χ2n) is 7.62. The molecule has 0 aromatic carbocycles. The van der Waals surface area contributed by atoms with Gasteiger partial charge < -0.3 is 10.4 Å². The molecule has 0 bridgehead atoms. The van der Waals surface area contributed by atoms with E-state index in [0.717, 1.165) is 25.2 Å². The average Bonchev–Trinajstić information content (AvgIpc) is 2.85. The Labute approximate surface area is 128 Å². The van der Waals surface area contributed by atoms with E-state index in [1.165, 1.54) is 18.4 Å². The summed E-state index contributed by atoms with van der Waals surface area (Å²) in [6.07, 6.45) is 11.1. The van der Waals surface area contributed by atoms with Crippen molar-refractivity contribution in [2.45, 2.75) is 58.9 Å². The van der Waals surface area contributed by atoms with Gasteiger partial charge >= 0.3 is 0 Å². The van der Waals surface area contributed by atoms with E-state index in [1.807, 2.05) is 12.2 Å². The first-order valence-electron chi connectivity index (χ1n) is 8.17. The van der Waals surface area contributed by atoms with E-state index >= 15 is 0 Å². The maximum absolute atomic E-state index is 12.1. The number of allylic oxidation sites excluding steroid dienone is 1. The highest BCUT2D eigenvalue weighted by molar-refractivity contribution is 5.88. The third-order valence-electron chi connectivity index (χ3n) is 4.92. The summed E-state index contributed by atoms with van der Waals surface area (Å²) < 4.78 is 0. The van der Waals surface area contributed by atoms with Crippen molar-refractivity contribution in [3.63, 3.8) is 0 Å². The molecule has 1 saturated carbocycles. The minimum Gasteiger partial charge on any atom is -0.396 e. The Bertz CT molecular complexity index is 421. The summed E-state index contributed by atoms with van der Waals surface area (Å²) in [6.45, 7) is 7.09. The first-order valence-corrected chi connectivity index (χ1v) is 8.17. The largest absolute Gasteiger partial charge is 0.396 e. The van der Waals surface area contributed by atoms with Crippen LogP contribution in [0.4, 0.5) is 0 Å². The lowest BCUT2D eigenvalue weighted by molar-refractivity contribution is -0.117. The topological polar surface area (TPSA) is 49.3 Å². The Morgan fingerprint density at radius 1 is 1.33 bits per heavy atom. The quantitative estimate of drug-likeness (QED) is 0.619. The summed E-state index contributed by atoms with van der Waals surface area (Å²) >= 11 is 0. The molecular weight excluding hydrogens is 262 g/mol. The van der Waals surface area contributed by atoms with E-state index in [-0.39, 0.29) is 24.5 Å². The molecule has 2 atom stereocenters. The van der Waals surface area contributed by atoms with E-state index in [4.69, 9.17) is 5.11 Å². The molecule has 0 saturated heterocycles. The predicted octanol–water partition coefficient (Wildman–Crippen LogP) is 3.20. The fraction of sp³-hybridized carbons (Fsp3) is 0.722. The summed E-state index contributed by atoms with van der Waals surface area (Å²) in [5.74, 6) is 0.985. The Morgan fingerprint density at radius 2 is 2.00 bits per heavy atom. The van der Waals surface area contributed by atoms with Crippen LogP contribution >= 0.6 is 0 Å². The van der Waals surface area contributed by atoms with Crippen LogP contribution in [0.2, 0.25) is 0 Å². The van der Waals surface area contributed by atoms with Gasteiger partial charge in [-0.3, -0.25) is 4.79 Å². The molecule has 1 fully saturated rings. The van der Waals surface area contributed by atoms with Gasteiger partial charge in [-0.15, -0.1) is 0 Å². The average molecular weight is 291 g/mol. The molecule has 0 aromatic rings. The number of hydrogen-bond donors (Lipinski definition) is 2. The van der Waals surface area contributed by atoms with Crippen molar-refractivity contribution in [3.8, 4) is 0 Å². The summed E-state index contributed by atoms with van der Waals surface area (Å²) in [5, 5.41) is 12.1. The number of nitrogens with one attached hydrogen (secondary N) is 1. The molecule has 0 heterocycles. The summed E-state index contributed by atoms with van der Waals surface area (Å²) in [4.78, 5) is 12.1. The third kappa shape index (κ3) is 4.70. The molecule has 2 rings (SSSR count). The van der Waals surface area contributed by atoms with Crippen LogP contribution in [0, 0.1) is 17.3 Å². The van der Waals surface area contributed by atoms with E-state index in [2.05, 4.69) is 26.1 Å². The monoisotopic (exact) mass is 291 g/mol. The van der Waals surface area contributed by atoms with Crippen LogP contribution in [0.3, 0.4) is 0 Å². The summed E-state index contributed by atoms with van der Waals surface area (Å²) in [7, 11) is 0. The maximum atomic E-state index is 12.1. The van der Waals surface area contributed by atoms with Crippen LogP contribution in [0.1, 0.15) is 52.9 Å². The maximum Gasteiger partial charge on any atom is 0.244 e. The molecule has 118 valence electrons. The number of aliphatic hydroxyl groups is 1. The Kier molecular flexibility index (Phi) is 5.26. The smallest absolute Gasteiger partial charge is 0.244 e. The molecule has 2 aliphatic carbocycles. The molecular formula is C18H29NO2. The normalized spacial score (nSPS) is 29.5. The van der Waals surface area contributed by atoms with Crippen molar-refractivity contribution in [1.29, 1.82) is 0 Å². The van der Waals surface area contributed by atoms with Gasteiger partial charge in [0.1, 0.15) is 0 Å². The fourth-order valence-corrected chi connectivity index (χ4v) is 3.43. The number of amides is 1.